The first-order chi connectivity index (χ1) is 13.1. The first-order valence-corrected chi connectivity index (χ1v) is 8.56. The van der Waals surface area contributed by atoms with Crippen LogP contribution in [-0.4, -0.2) is 40.3 Å². The Morgan fingerprint density at radius 3 is 2.70 bits per heavy atom. The summed E-state index contributed by atoms with van der Waals surface area (Å²) in [6.45, 7) is 4.23. The highest BCUT2D eigenvalue weighted by Crippen LogP contribution is 2.36. The zero-order valence-electron chi connectivity index (χ0n) is 14.9. The Bertz CT molecular complexity index is 918. The highest BCUT2D eigenvalue weighted by molar-refractivity contribution is 5.97. The summed E-state index contributed by atoms with van der Waals surface area (Å²) in [7, 11) is 0. The number of aryl methyl sites for hydroxylation is 1. The minimum Gasteiger partial charge on any atom is -0.494 e. The molecule has 0 saturated heterocycles. The summed E-state index contributed by atoms with van der Waals surface area (Å²) >= 11 is 0. The van der Waals surface area contributed by atoms with Gasteiger partial charge in [-0.3, -0.25) is 4.90 Å². The van der Waals surface area contributed by atoms with Crippen molar-refractivity contribution >= 4 is 12.0 Å². The van der Waals surface area contributed by atoms with Gasteiger partial charge in [-0.25, -0.2) is 9.59 Å². The molecule has 2 aliphatic heterocycles. The van der Waals surface area contributed by atoms with Crippen molar-refractivity contribution in [3.8, 4) is 5.75 Å². The third-order valence-electron chi connectivity index (χ3n) is 4.38. The van der Waals surface area contributed by atoms with Crippen molar-refractivity contribution in [2.45, 2.75) is 26.4 Å². The topological polar surface area (TPSA) is 107 Å². The van der Waals surface area contributed by atoms with Gasteiger partial charge in [-0.2, -0.15) is 0 Å². The molecule has 4 rings (SSSR count). The zero-order valence-corrected chi connectivity index (χ0v) is 14.9. The van der Waals surface area contributed by atoms with Gasteiger partial charge in [0.1, 0.15) is 18.9 Å². The zero-order chi connectivity index (χ0) is 19.0. The third-order valence-corrected chi connectivity index (χ3v) is 4.38. The number of amides is 2. The summed E-state index contributed by atoms with van der Waals surface area (Å²) < 4.78 is 16.0. The van der Waals surface area contributed by atoms with E-state index >= 15 is 0 Å². The highest BCUT2D eigenvalue weighted by atomic mass is 16.5. The summed E-state index contributed by atoms with van der Waals surface area (Å²) in [6.07, 6.45) is 0. The molecular formula is C18H18N4O5. The van der Waals surface area contributed by atoms with E-state index in [4.69, 9.17) is 13.9 Å². The Hall–Kier alpha value is -3.36. The van der Waals surface area contributed by atoms with Crippen molar-refractivity contribution in [1.29, 1.82) is 0 Å². The Morgan fingerprint density at radius 1 is 1.26 bits per heavy atom. The predicted molar refractivity (Wildman–Crippen MR) is 91.4 cm³/mol. The van der Waals surface area contributed by atoms with Crippen LogP contribution in [0.1, 0.15) is 30.3 Å². The molecule has 0 bridgehead atoms. The molecule has 27 heavy (non-hydrogen) atoms. The number of benzene rings is 1. The van der Waals surface area contributed by atoms with Crippen LogP contribution in [0.3, 0.4) is 0 Å². The smallest absolute Gasteiger partial charge is 0.338 e. The molecule has 0 saturated carbocycles. The van der Waals surface area contributed by atoms with Crippen LogP contribution >= 0.6 is 0 Å². The summed E-state index contributed by atoms with van der Waals surface area (Å²) in [5.41, 5.74) is 1.69. The van der Waals surface area contributed by atoms with Gasteiger partial charge in [0.05, 0.1) is 23.9 Å². The molecule has 1 N–H and O–H groups in total. The molecule has 2 amide bonds. The number of nitrogens with one attached hydrogen (secondary N) is 1. The number of cyclic esters (lactones) is 1. The maximum Gasteiger partial charge on any atom is 0.338 e. The molecule has 0 aliphatic carbocycles. The number of rotatable bonds is 5. The Morgan fingerprint density at radius 2 is 2.04 bits per heavy atom. The lowest BCUT2D eigenvalue weighted by Gasteiger charge is -2.32. The number of hydrogen-bond acceptors (Lipinski definition) is 7. The fourth-order valence-electron chi connectivity index (χ4n) is 3.19. The fraction of sp³-hybridized carbons (Fsp3) is 0.333. The van der Waals surface area contributed by atoms with Gasteiger partial charge in [0.25, 0.3) is 0 Å². The second kappa shape index (κ2) is 6.75. The lowest BCUT2D eigenvalue weighted by molar-refractivity contribution is -0.136. The molecule has 0 unspecified atom stereocenters. The van der Waals surface area contributed by atoms with Crippen LogP contribution in [0, 0.1) is 6.92 Å². The molecular weight excluding hydrogens is 352 g/mol. The molecule has 3 heterocycles. The van der Waals surface area contributed by atoms with E-state index in [2.05, 4.69) is 15.5 Å². The van der Waals surface area contributed by atoms with E-state index < -0.39 is 12.0 Å². The summed E-state index contributed by atoms with van der Waals surface area (Å²) in [6, 6.07) is 6.31. The molecule has 2 aromatic rings. The van der Waals surface area contributed by atoms with Crippen molar-refractivity contribution < 1.29 is 23.5 Å². The van der Waals surface area contributed by atoms with Gasteiger partial charge in [0.15, 0.2) is 0 Å². The lowest BCUT2D eigenvalue weighted by atomic mass is 9.95. The minimum atomic E-state index is -0.584. The number of aromatic nitrogens is 2. The normalized spacial score (nSPS) is 19.0. The monoisotopic (exact) mass is 370 g/mol. The maximum absolute atomic E-state index is 12.7. The van der Waals surface area contributed by atoms with E-state index in [9.17, 15) is 9.59 Å². The van der Waals surface area contributed by atoms with Crippen LogP contribution in [0.15, 0.2) is 40.0 Å². The lowest BCUT2D eigenvalue weighted by Crippen LogP contribution is -2.46. The molecule has 9 nitrogen and oxygen atoms in total. The van der Waals surface area contributed by atoms with E-state index in [1.807, 2.05) is 19.1 Å². The van der Waals surface area contributed by atoms with Crippen LogP contribution in [0.25, 0.3) is 0 Å². The Balaban J connectivity index is 1.66. The van der Waals surface area contributed by atoms with Gasteiger partial charge in [-0.15, -0.1) is 10.2 Å². The summed E-state index contributed by atoms with van der Waals surface area (Å²) in [4.78, 5) is 26.4. The van der Waals surface area contributed by atoms with E-state index in [1.54, 1.807) is 19.1 Å². The van der Waals surface area contributed by atoms with Gasteiger partial charge < -0.3 is 19.2 Å². The summed E-state index contributed by atoms with van der Waals surface area (Å²) in [5, 5.41) is 10.5. The predicted octanol–water partition coefficient (Wildman–Crippen LogP) is 1.85. The molecule has 9 heteroatoms. The van der Waals surface area contributed by atoms with E-state index in [0.29, 0.717) is 23.8 Å². The largest absolute Gasteiger partial charge is 0.494 e. The van der Waals surface area contributed by atoms with Gasteiger partial charge in [-0.1, -0.05) is 12.1 Å². The van der Waals surface area contributed by atoms with Crippen molar-refractivity contribution in [3.05, 3.63) is 52.9 Å². The molecule has 0 spiro atoms. The number of carbonyl (C=O) groups excluding carboxylic acids is 2. The van der Waals surface area contributed by atoms with E-state index in [0.717, 1.165) is 11.3 Å². The van der Waals surface area contributed by atoms with Gasteiger partial charge in [0, 0.05) is 6.92 Å². The standard InChI is InChI=1S/C18H18N4O5/c1-3-25-12-6-4-11(5-7-12)16-15-13(9-26-17(15)23)22(18(24)19-16)8-14-21-20-10(2)27-14/h4-7,16H,3,8-9H2,1-2H3,(H,19,24)/t16-/m1/s1. The molecule has 140 valence electrons. The first-order valence-electron chi connectivity index (χ1n) is 8.56. The molecule has 1 atom stereocenters. The third kappa shape index (κ3) is 3.12. The Kier molecular flexibility index (Phi) is 4.27. The second-order valence-electron chi connectivity index (χ2n) is 6.12. The van der Waals surface area contributed by atoms with Crippen LogP contribution in [0.4, 0.5) is 4.79 Å². The van der Waals surface area contributed by atoms with Gasteiger partial charge in [-0.05, 0) is 24.6 Å². The molecule has 1 aromatic carbocycles. The minimum absolute atomic E-state index is 0.0300. The molecule has 2 aliphatic rings. The fourth-order valence-corrected chi connectivity index (χ4v) is 3.19. The number of ether oxygens (including phenoxy) is 2. The average Bonchev–Trinajstić information content (AvgIpc) is 3.24. The van der Waals surface area contributed by atoms with Crippen LogP contribution in [0.2, 0.25) is 0 Å². The van der Waals surface area contributed by atoms with Crippen LogP contribution < -0.4 is 10.1 Å². The highest BCUT2D eigenvalue weighted by Gasteiger charge is 2.42. The SMILES string of the molecule is CCOc1ccc([C@H]2NC(=O)N(Cc3nnc(C)o3)C3=C2C(=O)OC3)cc1. The number of esters is 1. The van der Waals surface area contributed by atoms with Gasteiger partial charge in [0.2, 0.25) is 11.8 Å². The number of carbonyl (C=O) groups is 2. The number of hydrogen-bond donors (Lipinski definition) is 1. The van der Waals surface area contributed by atoms with E-state index in [-0.39, 0.29) is 25.1 Å². The van der Waals surface area contributed by atoms with Crippen molar-refractivity contribution in [3.63, 3.8) is 0 Å². The average molecular weight is 370 g/mol. The van der Waals surface area contributed by atoms with Crippen molar-refractivity contribution in [2.75, 3.05) is 13.2 Å². The molecule has 1 aromatic heterocycles. The maximum atomic E-state index is 12.7. The van der Waals surface area contributed by atoms with Crippen molar-refractivity contribution in [1.82, 2.24) is 20.4 Å². The molecule has 0 radical (unpaired) electrons. The Labute approximate surface area is 154 Å². The van der Waals surface area contributed by atoms with Crippen LogP contribution in [-0.2, 0) is 16.1 Å². The summed E-state index contributed by atoms with van der Waals surface area (Å²) in [5.74, 6) is 0.964. The quantitative estimate of drug-likeness (QED) is 0.801. The number of urea groups is 1. The number of nitrogens with zero attached hydrogens (tertiary/aromatic N) is 3. The second-order valence-corrected chi connectivity index (χ2v) is 6.12. The van der Waals surface area contributed by atoms with Crippen molar-refractivity contribution in [2.24, 2.45) is 0 Å². The molecule has 0 fully saturated rings. The van der Waals surface area contributed by atoms with Crippen LogP contribution in [0.5, 0.6) is 5.75 Å². The first kappa shape index (κ1) is 17.1. The van der Waals surface area contributed by atoms with Gasteiger partial charge >= 0.3 is 12.0 Å². The van der Waals surface area contributed by atoms with E-state index in [1.165, 1.54) is 4.90 Å².